The first-order valence-corrected chi connectivity index (χ1v) is 13.1. The molecule has 5 heteroatoms. The van der Waals surface area contributed by atoms with Crippen LogP contribution in [0.5, 0.6) is 0 Å². The number of anilines is 1. The molecule has 0 atom stereocenters. The highest BCUT2D eigenvalue weighted by Gasteiger charge is 2.10. The van der Waals surface area contributed by atoms with Crippen molar-refractivity contribution in [3.05, 3.63) is 23.9 Å². The molecule has 0 radical (unpaired) electrons. The summed E-state index contributed by atoms with van der Waals surface area (Å²) in [6.45, 7) is 5.60. The Hall–Kier alpha value is -1.29. The number of hydrogen-bond donors (Lipinski definition) is 1. The third-order valence-electron chi connectivity index (χ3n) is 6.16. The molecule has 1 aromatic heterocycles. The number of rotatable bonds is 20. The molecule has 2 N–H and O–H groups in total. The number of aryl methyl sites for hydroxylation is 1. The molecule has 0 aliphatic heterocycles. The van der Waals surface area contributed by atoms with Gasteiger partial charge in [-0.2, -0.15) is 0 Å². The zero-order valence-corrected chi connectivity index (χ0v) is 21.6. The van der Waals surface area contributed by atoms with Crippen LogP contribution in [0.15, 0.2) is 18.3 Å². The number of carbonyl (C=O) groups excluding carboxylic acids is 1. The highest BCUT2D eigenvalue weighted by Crippen LogP contribution is 2.14. The van der Waals surface area contributed by atoms with Crippen molar-refractivity contribution >= 4 is 11.8 Å². The number of unbranched alkanes of at least 4 members (excludes halogenated alkanes) is 14. The summed E-state index contributed by atoms with van der Waals surface area (Å²) < 4.78 is 7.40. The molecular formula is C27H49ClN2O2. The average molecular weight is 469 g/mol. The molecule has 186 valence electrons. The number of esters is 1. The Labute approximate surface area is 204 Å². The van der Waals surface area contributed by atoms with Crippen LogP contribution in [0.2, 0.25) is 0 Å². The molecule has 0 aliphatic rings. The van der Waals surface area contributed by atoms with Gasteiger partial charge in [-0.05, 0) is 25.5 Å². The number of carbonyl (C=O) groups is 1. The second-order valence-electron chi connectivity index (χ2n) is 8.87. The molecule has 0 spiro atoms. The molecule has 0 aromatic carbocycles. The van der Waals surface area contributed by atoms with Crippen molar-refractivity contribution in [2.45, 2.75) is 130 Å². The largest absolute Gasteiger partial charge is 1.00 e. The summed E-state index contributed by atoms with van der Waals surface area (Å²) in [4.78, 5) is 11.9. The number of hydrogen-bond acceptors (Lipinski definition) is 3. The number of ether oxygens (including phenoxy) is 1. The van der Waals surface area contributed by atoms with Gasteiger partial charge in [-0.15, -0.1) is 0 Å². The summed E-state index contributed by atoms with van der Waals surface area (Å²) in [6, 6.07) is 4.00. The predicted octanol–water partition coefficient (Wildman–Crippen LogP) is 3.93. The van der Waals surface area contributed by atoms with Crippen LogP contribution in [0.1, 0.15) is 122 Å². The lowest BCUT2D eigenvalue weighted by Gasteiger charge is -2.07. The highest BCUT2D eigenvalue weighted by atomic mass is 35.5. The van der Waals surface area contributed by atoms with Crippen LogP contribution in [0.3, 0.4) is 0 Å². The molecule has 0 bridgehead atoms. The number of nitrogen functional groups attached to an aromatic ring is 1. The van der Waals surface area contributed by atoms with Gasteiger partial charge < -0.3 is 17.1 Å². The SMILES string of the molecule is CCCCCCCCCCCCCCCCCC(=O)OCCc1ccc[n+](CC)c1N.[Cl-]. The Morgan fingerprint density at radius 2 is 1.34 bits per heavy atom. The van der Waals surface area contributed by atoms with Crippen LogP contribution in [-0.4, -0.2) is 12.6 Å². The Morgan fingerprint density at radius 3 is 1.84 bits per heavy atom. The summed E-state index contributed by atoms with van der Waals surface area (Å²) in [5.74, 6) is 0.691. The van der Waals surface area contributed by atoms with Gasteiger partial charge in [-0.1, -0.05) is 96.8 Å². The topological polar surface area (TPSA) is 56.2 Å². The van der Waals surface area contributed by atoms with Crippen LogP contribution >= 0.6 is 0 Å². The van der Waals surface area contributed by atoms with Gasteiger partial charge in [0, 0.05) is 18.4 Å². The first kappa shape index (κ1) is 30.7. The fourth-order valence-corrected chi connectivity index (χ4v) is 4.09. The zero-order valence-electron chi connectivity index (χ0n) is 20.9. The molecule has 0 unspecified atom stereocenters. The van der Waals surface area contributed by atoms with E-state index in [1.54, 1.807) is 0 Å². The van der Waals surface area contributed by atoms with Crippen LogP contribution in [0.25, 0.3) is 0 Å². The Morgan fingerprint density at radius 1 is 0.844 bits per heavy atom. The number of halogens is 1. The summed E-state index contributed by atoms with van der Waals surface area (Å²) in [6.07, 6.45) is 23.2. The van der Waals surface area contributed by atoms with Crippen LogP contribution in [0, 0.1) is 0 Å². The molecule has 0 aliphatic carbocycles. The molecule has 0 saturated heterocycles. The van der Waals surface area contributed by atoms with E-state index in [1.165, 1.54) is 83.5 Å². The quantitative estimate of drug-likeness (QED) is 0.179. The molecule has 0 amide bonds. The standard InChI is InChI=1S/C27H48N2O2.ClH/c1-3-5-6-7-8-9-10-11-12-13-14-15-16-17-18-21-26(30)31-24-22-25-20-19-23-29(4-2)27(25)28;/h19-20,23,28H,3-18,21-22,24H2,1-2H3;1H. The molecular weight excluding hydrogens is 420 g/mol. The van der Waals surface area contributed by atoms with Gasteiger partial charge in [0.1, 0.15) is 0 Å². The van der Waals surface area contributed by atoms with E-state index >= 15 is 0 Å². The van der Waals surface area contributed by atoms with Gasteiger partial charge in [-0.3, -0.25) is 10.5 Å². The third kappa shape index (κ3) is 15.5. The van der Waals surface area contributed by atoms with Gasteiger partial charge in [0.25, 0.3) is 5.82 Å². The molecule has 1 heterocycles. The first-order chi connectivity index (χ1) is 15.2. The van der Waals surface area contributed by atoms with Crippen molar-refractivity contribution in [3.63, 3.8) is 0 Å². The maximum Gasteiger partial charge on any atom is 0.305 e. The Bertz CT molecular complexity index is 581. The molecule has 1 rings (SSSR count). The minimum Gasteiger partial charge on any atom is -1.00 e. The number of nitrogens with two attached hydrogens (primary N) is 1. The predicted molar refractivity (Wildman–Crippen MR) is 131 cm³/mol. The molecule has 4 nitrogen and oxygen atoms in total. The van der Waals surface area contributed by atoms with Gasteiger partial charge in [0.05, 0.1) is 19.3 Å². The summed E-state index contributed by atoms with van der Waals surface area (Å²) in [7, 11) is 0. The van der Waals surface area contributed by atoms with E-state index in [2.05, 4.69) is 13.8 Å². The highest BCUT2D eigenvalue weighted by molar-refractivity contribution is 5.69. The van der Waals surface area contributed by atoms with Gasteiger partial charge in [0.2, 0.25) is 0 Å². The minimum atomic E-state index is -0.0763. The lowest BCUT2D eigenvalue weighted by atomic mass is 10.0. The Kier molecular flexibility index (Phi) is 20.7. The van der Waals surface area contributed by atoms with Gasteiger partial charge >= 0.3 is 5.97 Å². The summed E-state index contributed by atoms with van der Waals surface area (Å²) in [5.41, 5.74) is 7.18. The lowest BCUT2D eigenvalue weighted by Crippen LogP contribution is -3.00. The van der Waals surface area contributed by atoms with E-state index in [-0.39, 0.29) is 18.4 Å². The third-order valence-corrected chi connectivity index (χ3v) is 6.16. The second-order valence-corrected chi connectivity index (χ2v) is 8.87. The van der Waals surface area contributed by atoms with Crippen molar-refractivity contribution in [1.82, 2.24) is 0 Å². The van der Waals surface area contributed by atoms with E-state index in [9.17, 15) is 4.79 Å². The molecule has 32 heavy (non-hydrogen) atoms. The smallest absolute Gasteiger partial charge is 0.305 e. The summed E-state index contributed by atoms with van der Waals surface area (Å²) >= 11 is 0. The van der Waals surface area contributed by atoms with Crippen molar-refractivity contribution in [3.8, 4) is 0 Å². The molecule has 0 fully saturated rings. The lowest BCUT2D eigenvalue weighted by molar-refractivity contribution is -0.679. The van der Waals surface area contributed by atoms with Crippen molar-refractivity contribution in [2.75, 3.05) is 12.3 Å². The van der Waals surface area contributed by atoms with E-state index < -0.39 is 0 Å². The first-order valence-electron chi connectivity index (χ1n) is 13.1. The Balaban J connectivity index is 0.00000961. The van der Waals surface area contributed by atoms with Crippen molar-refractivity contribution < 1.29 is 26.5 Å². The van der Waals surface area contributed by atoms with E-state index in [4.69, 9.17) is 10.5 Å². The van der Waals surface area contributed by atoms with E-state index in [1.807, 2.05) is 22.9 Å². The number of aromatic nitrogens is 1. The monoisotopic (exact) mass is 468 g/mol. The van der Waals surface area contributed by atoms with Crippen molar-refractivity contribution in [1.29, 1.82) is 0 Å². The maximum atomic E-state index is 11.9. The van der Waals surface area contributed by atoms with Crippen molar-refractivity contribution in [2.24, 2.45) is 0 Å². The number of pyridine rings is 1. The normalized spacial score (nSPS) is 10.7. The average Bonchev–Trinajstić information content (AvgIpc) is 2.77. The van der Waals surface area contributed by atoms with Crippen LogP contribution < -0.4 is 22.7 Å². The van der Waals surface area contributed by atoms with E-state index in [0.717, 1.165) is 30.8 Å². The molecule has 1 aromatic rings. The zero-order chi connectivity index (χ0) is 22.6. The second kappa shape index (κ2) is 21.6. The maximum absolute atomic E-state index is 11.9. The fourth-order valence-electron chi connectivity index (χ4n) is 4.09. The minimum absolute atomic E-state index is 0. The fraction of sp³-hybridized carbons (Fsp3) is 0.778. The van der Waals surface area contributed by atoms with E-state index in [0.29, 0.717) is 19.4 Å². The van der Waals surface area contributed by atoms with Gasteiger partial charge in [0.15, 0.2) is 0 Å². The van der Waals surface area contributed by atoms with Gasteiger partial charge in [-0.25, -0.2) is 4.57 Å². The number of nitrogens with zero attached hydrogens (tertiary/aromatic N) is 1. The molecule has 0 saturated carbocycles. The van der Waals surface area contributed by atoms with Crippen LogP contribution in [-0.2, 0) is 22.5 Å². The summed E-state index contributed by atoms with van der Waals surface area (Å²) in [5, 5.41) is 0. The van der Waals surface area contributed by atoms with Crippen LogP contribution in [0.4, 0.5) is 5.82 Å².